The average molecular weight is 283 g/mol. The van der Waals surface area contributed by atoms with Crippen molar-refractivity contribution in [2.24, 2.45) is 5.73 Å². The standard InChI is InChI=1S/C11H14N6O.ClH/c1-2-17-11(14-15-16-17)8-4-3-5-9(6-8)13-10(18)7-12;/h3-6H,2,7,12H2,1H3,(H,13,18);1H. The maximum atomic E-state index is 11.2. The molecule has 2 rings (SSSR count). The highest BCUT2D eigenvalue weighted by molar-refractivity contribution is 5.92. The largest absolute Gasteiger partial charge is 0.325 e. The first kappa shape index (κ1) is 15.1. The maximum absolute atomic E-state index is 11.2. The molecule has 0 atom stereocenters. The summed E-state index contributed by atoms with van der Waals surface area (Å²) in [5.41, 5.74) is 6.77. The van der Waals surface area contributed by atoms with Crippen molar-refractivity contribution in [2.75, 3.05) is 11.9 Å². The number of rotatable bonds is 4. The van der Waals surface area contributed by atoms with Crippen LogP contribution in [0.1, 0.15) is 6.92 Å². The number of carbonyl (C=O) groups excluding carboxylic acids is 1. The molecule has 0 unspecified atom stereocenters. The fourth-order valence-corrected chi connectivity index (χ4v) is 1.57. The number of aromatic nitrogens is 4. The summed E-state index contributed by atoms with van der Waals surface area (Å²) in [6.45, 7) is 2.60. The molecule has 0 aliphatic carbocycles. The van der Waals surface area contributed by atoms with Crippen LogP contribution in [-0.4, -0.2) is 32.7 Å². The Morgan fingerprint density at radius 3 is 2.95 bits per heavy atom. The minimum absolute atomic E-state index is 0. The zero-order valence-corrected chi connectivity index (χ0v) is 11.2. The number of hydrogen-bond acceptors (Lipinski definition) is 5. The number of halogens is 1. The van der Waals surface area contributed by atoms with Crippen molar-refractivity contribution in [3.63, 3.8) is 0 Å². The molecule has 0 bridgehead atoms. The molecule has 19 heavy (non-hydrogen) atoms. The van der Waals surface area contributed by atoms with Gasteiger partial charge in [0, 0.05) is 17.8 Å². The van der Waals surface area contributed by atoms with E-state index in [4.69, 9.17) is 5.73 Å². The van der Waals surface area contributed by atoms with Crippen molar-refractivity contribution in [2.45, 2.75) is 13.5 Å². The van der Waals surface area contributed by atoms with Gasteiger partial charge in [-0.1, -0.05) is 12.1 Å². The molecule has 102 valence electrons. The van der Waals surface area contributed by atoms with Crippen molar-refractivity contribution in [3.8, 4) is 11.4 Å². The van der Waals surface area contributed by atoms with Crippen LogP contribution in [0.2, 0.25) is 0 Å². The van der Waals surface area contributed by atoms with Crippen LogP contribution in [0.4, 0.5) is 5.69 Å². The SMILES string of the molecule is CCn1nnnc1-c1cccc(NC(=O)CN)c1.Cl. The first-order valence-electron chi connectivity index (χ1n) is 5.61. The Morgan fingerprint density at radius 2 is 2.26 bits per heavy atom. The number of tetrazole rings is 1. The van der Waals surface area contributed by atoms with Gasteiger partial charge in [-0.15, -0.1) is 17.5 Å². The molecular formula is C11H15ClN6O. The Kier molecular flexibility index (Phi) is 5.40. The smallest absolute Gasteiger partial charge is 0.238 e. The lowest BCUT2D eigenvalue weighted by atomic mass is 10.2. The van der Waals surface area contributed by atoms with Crippen LogP contribution < -0.4 is 11.1 Å². The number of benzene rings is 1. The van der Waals surface area contributed by atoms with E-state index in [0.29, 0.717) is 18.1 Å². The molecule has 1 aromatic heterocycles. The van der Waals surface area contributed by atoms with Gasteiger partial charge < -0.3 is 11.1 Å². The number of hydrogen-bond donors (Lipinski definition) is 2. The molecule has 2 aromatic rings. The second-order valence-corrected chi connectivity index (χ2v) is 3.65. The van der Waals surface area contributed by atoms with E-state index in [1.807, 2.05) is 25.1 Å². The van der Waals surface area contributed by atoms with Gasteiger partial charge in [0.05, 0.1) is 6.54 Å². The summed E-state index contributed by atoms with van der Waals surface area (Å²) in [4.78, 5) is 11.2. The topological polar surface area (TPSA) is 98.7 Å². The van der Waals surface area contributed by atoms with E-state index >= 15 is 0 Å². The van der Waals surface area contributed by atoms with E-state index in [2.05, 4.69) is 20.8 Å². The lowest BCUT2D eigenvalue weighted by Crippen LogP contribution is -2.21. The fraction of sp³-hybridized carbons (Fsp3) is 0.273. The summed E-state index contributed by atoms with van der Waals surface area (Å²) < 4.78 is 1.68. The summed E-state index contributed by atoms with van der Waals surface area (Å²) in [5, 5.41) is 14.1. The molecule has 0 aliphatic rings. The number of amides is 1. The Morgan fingerprint density at radius 1 is 1.47 bits per heavy atom. The van der Waals surface area contributed by atoms with Gasteiger partial charge in [-0.3, -0.25) is 4.79 Å². The Hall–Kier alpha value is -1.99. The van der Waals surface area contributed by atoms with E-state index in [9.17, 15) is 4.79 Å². The molecule has 0 saturated carbocycles. The van der Waals surface area contributed by atoms with Crippen LogP contribution in [-0.2, 0) is 11.3 Å². The predicted molar refractivity (Wildman–Crippen MR) is 73.9 cm³/mol. The van der Waals surface area contributed by atoms with E-state index in [0.717, 1.165) is 5.56 Å². The van der Waals surface area contributed by atoms with E-state index in [1.165, 1.54) is 0 Å². The summed E-state index contributed by atoms with van der Waals surface area (Å²) in [6.07, 6.45) is 0. The molecule has 0 radical (unpaired) electrons. The van der Waals surface area contributed by atoms with Crippen molar-refractivity contribution in [1.29, 1.82) is 0 Å². The predicted octanol–water partition coefficient (Wildman–Crippen LogP) is 0.679. The first-order chi connectivity index (χ1) is 8.74. The molecule has 3 N–H and O–H groups in total. The quantitative estimate of drug-likeness (QED) is 0.859. The zero-order chi connectivity index (χ0) is 13.0. The van der Waals surface area contributed by atoms with Gasteiger partial charge in [-0.25, -0.2) is 4.68 Å². The van der Waals surface area contributed by atoms with Crippen LogP contribution in [0.25, 0.3) is 11.4 Å². The second-order valence-electron chi connectivity index (χ2n) is 3.65. The monoisotopic (exact) mass is 282 g/mol. The molecule has 0 fully saturated rings. The highest BCUT2D eigenvalue weighted by Gasteiger charge is 2.08. The minimum atomic E-state index is -0.234. The van der Waals surface area contributed by atoms with Crippen molar-refractivity contribution < 1.29 is 4.79 Å². The molecule has 1 heterocycles. The van der Waals surface area contributed by atoms with E-state index < -0.39 is 0 Å². The highest BCUT2D eigenvalue weighted by atomic mass is 35.5. The van der Waals surface area contributed by atoms with Gasteiger partial charge in [0.15, 0.2) is 5.82 Å². The first-order valence-corrected chi connectivity index (χ1v) is 5.61. The van der Waals surface area contributed by atoms with Gasteiger partial charge >= 0.3 is 0 Å². The molecule has 8 heteroatoms. The number of nitrogens with two attached hydrogens (primary N) is 1. The van der Waals surface area contributed by atoms with Gasteiger partial charge in [0.2, 0.25) is 5.91 Å². The maximum Gasteiger partial charge on any atom is 0.238 e. The van der Waals surface area contributed by atoms with E-state index in [1.54, 1.807) is 10.7 Å². The average Bonchev–Trinajstić information content (AvgIpc) is 2.87. The van der Waals surface area contributed by atoms with Gasteiger partial charge in [-0.2, -0.15) is 0 Å². The number of nitrogens with one attached hydrogen (secondary N) is 1. The third kappa shape index (κ3) is 3.49. The van der Waals surface area contributed by atoms with Crippen molar-refractivity contribution in [3.05, 3.63) is 24.3 Å². The van der Waals surface area contributed by atoms with Gasteiger partial charge in [0.25, 0.3) is 0 Å². The molecular weight excluding hydrogens is 268 g/mol. The van der Waals surface area contributed by atoms with Gasteiger partial charge in [0.1, 0.15) is 0 Å². The summed E-state index contributed by atoms with van der Waals surface area (Å²) in [5.74, 6) is 0.434. The van der Waals surface area contributed by atoms with Crippen molar-refractivity contribution >= 4 is 24.0 Å². The number of aryl methyl sites for hydroxylation is 1. The number of nitrogens with zero attached hydrogens (tertiary/aromatic N) is 4. The van der Waals surface area contributed by atoms with Crippen LogP contribution in [0.5, 0.6) is 0 Å². The Bertz CT molecular complexity index is 556. The molecule has 1 amide bonds. The molecule has 1 aromatic carbocycles. The Balaban J connectivity index is 0.00000180. The zero-order valence-electron chi connectivity index (χ0n) is 10.4. The van der Waals surface area contributed by atoms with Gasteiger partial charge in [-0.05, 0) is 29.5 Å². The van der Waals surface area contributed by atoms with Crippen LogP contribution in [0, 0.1) is 0 Å². The summed E-state index contributed by atoms with van der Waals surface area (Å²) in [6, 6.07) is 7.31. The van der Waals surface area contributed by atoms with Crippen LogP contribution >= 0.6 is 12.4 Å². The lowest BCUT2D eigenvalue weighted by molar-refractivity contribution is -0.114. The third-order valence-corrected chi connectivity index (χ3v) is 2.42. The Labute approximate surface area is 116 Å². The fourth-order valence-electron chi connectivity index (χ4n) is 1.57. The van der Waals surface area contributed by atoms with Crippen molar-refractivity contribution in [1.82, 2.24) is 20.2 Å². The number of anilines is 1. The highest BCUT2D eigenvalue weighted by Crippen LogP contribution is 2.19. The number of carbonyl (C=O) groups is 1. The molecule has 7 nitrogen and oxygen atoms in total. The molecule has 0 spiro atoms. The molecule has 0 saturated heterocycles. The van der Waals surface area contributed by atoms with Crippen LogP contribution in [0.15, 0.2) is 24.3 Å². The second kappa shape index (κ2) is 6.81. The minimum Gasteiger partial charge on any atom is -0.325 e. The normalized spacial score (nSPS) is 9.79. The molecule has 0 aliphatic heterocycles. The lowest BCUT2D eigenvalue weighted by Gasteiger charge is -2.06. The third-order valence-electron chi connectivity index (χ3n) is 2.42. The van der Waals surface area contributed by atoms with E-state index in [-0.39, 0.29) is 24.9 Å². The van der Waals surface area contributed by atoms with Crippen LogP contribution in [0.3, 0.4) is 0 Å². The summed E-state index contributed by atoms with van der Waals surface area (Å²) in [7, 11) is 0. The summed E-state index contributed by atoms with van der Waals surface area (Å²) >= 11 is 0.